The third kappa shape index (κ3) is 3.41. The number of nitrogens with two attached hydrogens (primary N) is 1. The van der Waals surface area contributed by atoms with Gasteiger partial charge in [0.05, 0.1) is 6.61 Å². The number of aromatic nitrogens is 3. The molecule has 0 saturated carbocycles. The molecular weight excluding hydrogens is 210 g/mol. The van der Waals surface area contributed by atoms with E-state index in [4.69, 9.17) is 10.5 Å². The van der Waals surface area contributed by atoms with Crippen LogP contribution in [0.25, 0.3) is 0 Å². The van der Waals surface area contributed by atoms with E-state index in [0.717, 1.165) is 13.0 Å². The van der Waals surface area contributed by atoms with Gasteiger partial charge in [0.1, 0.15) is 6.54 Å². The Morgan fingerprint density at radius 2 is 2.31 bits per heavy atom. The van der Waals surface area contributed by atoms with E-state index in [0.29, 0.717) is 12.6 Å². The Kier molecular flexibility index (Phi) is 4.56. The minimum Gasteiger partial charge on any atom is -0.465 e. The monoisotopic (exact) mass is 227 g/mol. The van der Waals surface area contributed by atoms with Crippen molar-refractivity contribution in [3.05, 3.63) is 0 Å². The first-order valence-corrected chi connectivity index (χ1v) is 5.27. The lowest BCUT2D eigenvalue weighted by Crippen LogP contribution is -2.16. The maximum atomic E-state index is 11.2. The van der Waals surface area contributed by atoms with E-state index >= 15 is 0 Å². The number of nitrogen functional groups attached to an aromatic ring is 1. The number of nitrogens with one attached hydrogen (secondary N) is 1. The Morgan fingerprint density at radius 1 is 1.56 bits per heavy atom. The van der Waals surface area contributed by atoms with Crippen LogP contribution >= 0.6 is 0 Å². The fraction of sp³-hybridized carbons (Fsp3) is 0.667. The van der Waals surface area contributed by atoms with Crippen LogP contribution in [0.4, 0.5) is 11.9 Å². The topological polar surface area (TPSA) is 95.1 Å². The predicted octanol–water partition coefficient (Wildman–Crippen LogP) is 0.245. The minimum absolute atomic E-state index is 0.0134. The standard InChI is InChI=1S/C9H17N5O2/c1-3-5-11-9-12-8(10)14(13-9)6-7(15)16-4-2/h3-6H2,1-2H3,(H3,10,11,12,13). The summed E-state index contributed by atoms with van der Waals surface area (Å²) in [6.45, 7) is 4.88. The van der Waals surface area contributed by atoms with E-state index in [1.807, 2.05) is 6.92 Å². The summed E-state index contributed by atoms with van der Waals surface area (Å²) in [5, 5.41) is 7.02. The molecule has 1 aromatic rings. The van der Waals surface area contributed by atoms with Crippen LogP contribution in [-0.4, -0.2) is 33.9 Å². The Bertz CT molecular complexity index is 350. The second-order valence-electron chi connectivity index (χ2n) is 3.18. The molecule has 0 aliphatic rings. The maximum absolute atomic E-state index is 11.2. The number of anilines is 2. The van der Waals surface area contributed by atoms with Gasteiger partial charge in [0.25, 0.3) is 0 Å². The van der Waals surface area contributed by atoms with Crippen molar-refractivity contribution in [3.63, 3.8) is 0 Å². The molecule has 1 aromatic heterocycles. The number of hydrogen-bond acceptors (Lipinski definition) is 6. The average molecular weight is 227 g/mol. The summed E-state index contributed by atoms with van der Waals surface area (Å²) in [5.74, 6) is 0.261. The number of esters is 1. The van der Waals surface area contributed by atoms with E-state index in [9.17, 15) is 4.79 Å². The third-order valence-corrected chi connectivity index (χ3v) is 1.82. The van der Waals surface area contributed by atoms with Gasteiger partial charge in [0, 0.05) is 6.54 Å². The lowest BCUT2D eigenvalue weighted by molar-refractivity contribution is -0.143. The van der Waals surface area contributed by atoms with E-state index in [-0.39, 0.29) is 18.5 Å². The minimum atomic E-state index is -0.374. The van der Waals surface area contributed by atoms with Gasteiger partial charge in [-0.25, -0.2) is 4.68 Å². The van der Waals surface area contributed by atoms with Crippen molar-refractivity contribution in [2.75, 3.05) is 24.2 Å². The molecule has 1 rings (SSSR count). The van der Waals surface area contributed by atoms with Gasteiger partial charge in [-0.2, -0.15) is 4.98 Å². The first-order valence-electron chi connectivity index (χ1n) is 5.27. The smallest absolute Gasteiger partial charge is 0.327 e. The molecule has 0 spiro atoms. The van der Waals surface area contributed by atoms with Gasteiger partial charge in [-0.15, -0.1) is 5.10 Å². The first-order chi connectivity index (χ1) is 7.67. The molecule has 0 unspecified atom stereocenters. The molecule has 0 amide bonds. The predicted molar refractivity (Wildman–Crippen MR) is 59.8 cm³/mol. The highest BCUT2D eigenvalue weighted by Gasteiger charge is 2.10. The largest absolute Gasteiger partial charge is 0.465 e. The van der Waals surface area contributed by atoms with Crippen molar-refractivity contribution in [1.82, 2.24) is 14.8 Å². The van der Waals surface area contributed by atoms with Crippen LogP contribution in [0.15, 0.2) is 0 Å². The number of carbonyl (C=O) groups is 1. The normalized spacial score (nSPS) is 10.1. The summed E-state index contributed by atoms with van der Waals surface area (Å²) in [5.41, 5.74) is 5.60. The van der Waals surface area contributed by atoms with Crippen LogP contribution in [0.5, 0.6) is 0 Å². The highest BCUT2D eigenvalue weighted by molar-refractivity contribution is 5.69. The zero-order valence-electron chi connectivity index (χ0n) is 9.56. The number of carbonyl (C=O) groups excluding carboxylic acids is 1. The molecule has 3 N–H and O–H groups in total. The molecule has 0 aromatic carbocycles. The highest BCUT2D eigenvalue weighted by Crippen LogP contribution is 2.05. The van der Waals surface area contributed by atoms with Gasteiger partial charge in [0.2, 0.25) is 11.9 Å². The SMILES string of the molecule is CCCNc1nc(N)n(CC(=O)OCC)n1. The maximum Gasteiger partial charge on any atom is 0.327 e. The number of hydrogen-bond donors (Lipinski definition) is 2. The summed E-state index contributed by atoms with van der Waals surface area (Å²) in [4.78, 5) is 15.2. The second kappa shape index (κ2) is 5.94. The molecule has 0 bridgehead atoms. The lowest BCUT2D eigenvalue weighted by atomic mass is 10.5. The van der Waals surface area contributed by atoms with Crippen LogP contribution < -0.4 is 11.1 Å². The second-order valence-corrected chi connectivity index (χ2v) is 3.18. The molecule has 90 valence electrons. The summed E-state index contributed by atoms with van der Waals surface area (Å²) in [6.07, 6.45) is 0.965. The van der Waals surface area contributed by atoms with Crippen molar-refractivity contribution in [2.24, 2.45) is 0 Å². The number of rotatable bonds is 6. The molecule has 7 heteroatoms. The molecule has 7 nitrogen and oxygen atoms in total. The van der Waals surface area contributed by atoms with Gasteiger partial charge < -0.3 is 15.8 Å². The molecule has 16 heavy (non-hydrogen) atoms. The fourth-order valence-electron chi connectivity index (χ4n) is 1.11. The van der Waals surface area contributed by atoms with Gasteiger partial charge in [0.15, 0.2) is 0 Å². The summed E-state index contributed by atoms with van der Waals surface area (Å²) >= 11 is 0. The molecular formula is C9H17N5O2. The van der Waals surface area contributed by atoms with Crippen molar-refractivity contribution in [1.29, 1.82) is 0 Å². The van der Waals surface area contributed by atoms with Crippen LogP contribution in [0.1, 0.15) is 20.3 Å². The lowest BCUT2D eigenvalue weighted by Gasteiger charge is -2.01. The Hall–Kier alpha value is -1.79. The molecule has 1 heterocycles. The van der Waals surface area contributed by atoms with Crippen molar-refractivity contribution >= 4 is 17.9 Å². The van der Waals surface area contributed by atoms with E-state index in [1.54, 1.807) is 6.92 Å². The fourth-order valence-corrected chi connectivity index (χ4v) is 1.11. The van der Waals surface area contributed by atoms with Gasteiger partial charge >= 0.3 is 5.97 Å². The van der Waals surface area contributed by atoms with E-state index in [2.05, 4.69) is 15.4 Å². The Labute approximate surface area is 94.0 Å². The van der Waals surface area contributed by atoms with Crippen molar-refractivity contribution in [2.45, 2.75) is 26.8 Å². The molecule has 0 aliphatic heterocycles. The van der Waals surface area contributed by atoms with Gasteiger partial charge in [-0.1, -0.05) is 6.92 Å². The first kappa shape index (κ1) is 12.3. The van der Waals surface area contributed by atoms with Gasteiger partial charge in [-0.05, 0) is 13.3 Å². The highest BCUT2D eigenvalue weighted by atomic mass is 16.5. The number of ether oxygens (including phenoxy) is 1. The Balaban J connectivity index is 2.59. The zero-order chi connectivity index (χ0) is 12.0. The number of nitrogens with zero attached hydrogens (tertiary/aromatic N) is 3. The molecule has 0 aliphatic carbocycles. The van der Waals surface area contributed by atoms with E-state index < -0.39 is 0 Å². The molecule has 0 fully saturated rings. The molecule has 0 saturated heterocycles. The van der Waals surface area contributed by atoms with Crippen LogP contribution in [0, 0.1) is 0 Å². The summed E-state index contributed by atoms with van der Waals surface area (Å²) < 4.78 is 6.10. The van der Waals surface area contributed by atoms with Crippen LogP contribution in [0.2, 0.25) is 0 Å². The van der Waals surface area contributed by atoms with E-state index in [1.165, 1.54) is 4.68 Å². The summed E-state index contributed by atoms with van der Waals surface area (Å²) in [6, 6.07) is 0. The Morgan fingerprint density at radius 3 is 2.94 bits per heavy atom. The quantitative estimate of drug-likeness (QED) is 0.676. The summed E-state index contributed by atoms with van der Waals surface area (Å²) in [7, 11) is 0. The van der Waals surface area contributed by atoms with Crippen molar-refractivity contribution < 1.29 is 9.53 Å². The van der Waals surface area contributed by atoms with Crippen LogP contribution in [-0.2, 0) is 16.1 Å². The molecule has 0 radical (unpaired) electrons. The third-order valence-electron chi connectivity index (χ3n) is 1.82. The van der Waals surface area contributed by atoms with Crippen LogP contribution in [0.3, 0.4) is 0 Å². The van der Waals surface area contributed by atoms with Gasteiger partial charge in [-0.3, -0.25) is 4.79 Å². The average Bonchev–Trinajstić information content (AvgIpc) is 2.57. The van der Waals surface area contributed by atoms with Crippen molar-refractivity contribution in [3.8, 4) is 0 Å². The molecule has 0 atom stereocenters. The zero-order valence-corrected chi connectivity index (χ0v) is 9.56.